The summed E-state index contributed by atoms with van der Waals surface area (Å²) in [6.45, 7) is 1.59. The summed E-state index contributed by atoms with van der Waals surface area (Å²) in [6.07, 6.45) is -0.150. The topological polar surface area (TPSA) is 104 Å². The van der Waals surface area contributed by atoms with Crippen LogP contribution >= 0.6 is 0 Å². The first-order valence-corrected chi connectivity index (χ1v) is 9.58. The Labute approximate surface area is 172 Å². The number of methoxy groups -OCH3 is 2. The van der Waals surface area contributed by atoms with E-state index in [0.29, 0.717) is 47.8 Å². The Hall–Kier alpha value is -3.46. The molecule has 1 atom stereocenters. The van der Waals surface area contributed by atoms with Crippen LogP contribution in [0.15, 0.2) is 46.0 Å². The molecule has 0 fully saturated rings. The van der Waals surface area contributed by atoms with E-state index in [-0.39, 0.29) is 18.2 Å². The molecule has 0 radical (unpaired) electrons. The summed E-state index contributed by atoms with van der Waals surface area (Å²) < 4.78 is 23.2. The van der Waals surface area contributed by atoms with E-state index >= 15 is 0 Å². The summed E-state index contributed by atoms with van der Waals surface area (Å²) in [4.78, 5) is 28.0. The molecule has 1 aliphatic rings. The molecule has 0 saturated carbocycles. The Kier molecular flexibility index (Phi) is 5.62. The number of nitrogens with zero attached hydrogens (tertiary/aromatic N) is 1. The van der Waals surface area contributed by atoms with Gasteiger partial charge in [0, 0.05) is 25.7 Å². The van der Waals surface area contributed by atoms with Gasteiger partial charge in [0.15, 0.2) is 23.0 Å². The second-order valence-corrected chi connectivity index (χ2v) is 6.84. The van der Waals surface area contributed by atoms with Gasteiger partial charge in [0.25, 0.3) is 5.56 Å². The van der Waals surface area contributed by atoms with E-state index in [2.05, 4.69) is 10.3 Å². The first-order valence-electron chi connectivity index (χ1n) is 9.58. The van der Waals surface area contributed by atoms with Crippen molar-refractivity contribution < 1.29 is 18.9 Å². The first kappa shape index (κ1) is 19.8. The minimum atomic E-state index is -0.479. The van der Waals surface area contributed by atoms with E-state index in [4.69, 9.17) is 18.9 Å². The minimum absolute atomic E-state index is 0.150. The van der Waals surface area contributed by atoms with Crippen molar-refractivity contribution in [1.29, 1.82) is 0 Å². The van der Waals surface area contributed by atoms with Crippen LogP contribution in [0.5, 0.6) is 23.0 Å². The van der Waals surface area contributed by atoms with Gasteiger partial charge in [0.1, 0.15) is 12.7 Å². The fourth-order valence-corrected chi connectivity index (χ4v) is 3.40. The first-order chi connectivity index (χ1) is 14.6. The van der Waals surface area contributed by atoms with Crippen LogP contribution < -0.4 is 35.5 Å². The number of ether oxygens (including phenoxy) is 4. The molecule has 2 aromatic carbocycles. The van der Waals surface area contributed by atoms with Crippen molar-refractivity contribution in [3.05, 3.63) is 57.2 Å². The van der Waals surface area contributed by atoms with Crippen LogP contribution in [0.3, 0.4) is 0 Å². The van der Waals surface area contributed by atoms with Crippen LogP contribution in [0, 0.1) is 0 Å². The highest BCUT2D eigenvalue weighted by molar-refractivity contribution is 5.81. The molecular weight excluding hydrogens is 390 g/mol. The molecule has 0 amide bonds. The molecule has 2 N–H and O–H groups in total. The van der Waals surface area contributed by atoms with Crippen molar-refractivity contribution in [2.75, 3.05) is 33.9 Å². The summed E-state index contributed by atoms with van der Waals surface area (Å²) in [5.74, 6) is 2.31. The quantitative estimate of drug-likeness (QED) is 0.560. The number of aromatic amines is 1. The zero-order valence-electron chi connectivity index (χ0n) is 16.8. The van der Waals surface area contributed by atoms with Crippen LogP contribution in [0.4, 0.5) is 0 Å². The average Bonchev–Trinajstić information content (AvgIpc) is 2.77. The summed E-state index contributed by atoms with van der Waals surface area (Å²) in [7, 11) is 2.99. The van der Waals surface area contributed by atoms with E-state index in [1.165, 1.54) is 14.2 Å². The molecule has 0 saturated heterocycles. The smallest absolute Gasteiger partial charge is 0.328 e. The van der Waals surface area contributed by atoms with Crippen LogP contribution in [0.2, 0.25) is 0 Å². The lowest BCUT2D eigenvalue weighted by molar-refractivity contribution is 0.0903. The molecule has 1 aliphatic heterocycles. The highest BCUT2D eigenvalue weighted by Gasteiger charge is 2.20. The lowest BCUT2D eigenvalue weighted by Gasteiger charge is -2.26. The van der Waals surface area contributed by atoms with Crippen molar-refractivity contribution in [2.45, 2.75) is 12.6 Å². The maximum absolute atomic E-state index is 12.8. The third-order valence-electron chi connectivity index (χ3n) is 4.94. The summed E-state index contributed by atoms with van der Waals surface area (Å²) in [5, 5.41) is 3.57. The van der Waals surface area contributed by atoms with Gasteiger partial charge in [-0.1, -0.05) is 12.1 Å². The maximum atomic E-state index is 12.8. The van der Waals surface area contributed by atoms with Crippen LogP contribution in [0.1, 0.15) is 0 Å². The zero-order valence-corrected chi connectivity index (χ0v) is 16.8. The molecule has 158 valence electrons. The number of nitrogens with one attached hydrogen (secondary N) is 2. The Morgan fingerprint density at radius 1 is 1.13 bits per heavy atom. The molecule has 2 heterocycles. The number of fused-ring (bicyclic) bond motifs is 2. The Balaban J connectivity index is 1.43. The number of para-hydroxylation sites is 2. The highest BCUT2D eigenvalue weighted by atomic mass is 16.6. The third kappa shape index (κ3) is 3.84. The Bertz CT molecular complexity index is 1170. The zero-order chi connectivity index (χ0) is 21.1. The monoisotopic (exact) mass is 413 g/mol. The molecule has 30 heavy (non-hydrogen) atoms. The predicted octanol–water partition coefficient (Wildman–Crippen LogP) is 1.14. The highest BCUT2D eigenvalue weighted by Crippen LogP contribution is 2.31. The van der Waals surface area contributed by atoms with Gasteiger partial charge in [-0.3, -0.25) is 9.36 Å². The number of rotatable bonds is 7. The van der Waals surface area contributed by atoms with Crippen LogP contribution in [0.25, 0.3) is 10.9 Å². The van der Waals surface area contributed by atoms with Crippen molar-refractivity contribution >= 4 is 10.9 Å². The van der Waals surface area contributed by atoms with Gasteiger partial charge in [0.05, 0.1) is 25.1 Å². The number of aromatic nitrogens is 2. The van der Waals surface area contributed by atoms with Crippen molar-refractivity contribution in [1.82, 2.24) is 14.9 Å². The SMILES string of the molecule is COc1cc2[nH]c(=O)n(CCNC[C@H]3COc4ccccc4O3)c(=O)c2cc1OC. The van der Waals surface area contributed by atoms with Gasteiger partial charge in [0.2, 0.25) is 0 Å². The molecule has 0 unspecified atom stereocenters. The lowest BCUT2D eigenvalue weighted by Crippen LogP contribution is -2.42. The largest absolute Gasteiger partial charge is 0.493 e. The maximum Gasteiger partial charge on any atom is 0.328 e. The number of hydrogen-bond acceptors (Lipinski definition) is 7. The van der Waals surface area contributed by atoms with Crippen LogP contribution in [-0.4, -0.2) is 49.6 Å². The van der Waals surface area contributed by atoms with E-state index in [1.807, 2.05) is 24.3 Å². The summed E-state index contributed by atoms with van der Waals surface area (Å²) >= 11 is 0. The second-order valence-electron chi connectivity index (χ2n) is 6.84. The van der Waals surface area contributed by atoms with Crippen molar-refractivity contribution in [2.24, 2.45) is 0 Å². The molecule has 9 nitrogen and oxygen atoms in total. The second kappa shape index (κ2) is 8.50. The molecule has 0 aliphatic carbocycles. The fraction of sp³-hybridized carbons (Fsp3) is 0.333. The predicted molar refractivity (Wildman–Crippen MR) is 111 cm³/mol. The molecule has 0 spiro atoms. The van der Waals surface area contributed by atoms with Crippen molar-refractivity contribution in [3.8, 4) is 23.0 Å². The van der Waals surface area contributed by atoms with Gasteiger partial charge < -0.3 is 29.2 Å². The van der Waals surface area contributed by atoms with Gasteiger partial charge >= 0.3 is 5.69 Å². The summed E-state index contributed by atoms with van der Waals surface area (Å²) in [6, 6.07) is 10.7. The molecule has 4 rings (SSSR count). The fourth-order valence-electron chi connectivity index (χ4n) is 3.40. The van der Waals surface area contributed by atoms with Crippen molar-refractivity contribution in [3.63, 3.8) is 0 Å². The summed E-state index contributed by atoms with van der Waals surface area (Å²) in [5.41, 5.74) is -0.464. The Morgan fingerprint density at radius 2 is 1.87 bits per heavy atom. The van der Waals surface area contributed by atoms with E-state index in [9.17, 15) is 9.59 Å². The minimum Gasteiger partial charge on any atom is -0.493 e. The average molecular weight is 413 g/mol. The van der Waals surface area contributed by atoms with E-state index < -0.39 is 5.69 Å². The van der Waals surface area contributed by atoms with Gasteiger partial charge in [-0.2, -0.15) is 0 Å². The van der Waals surface area contributed by atoms with Gasteiger partial charge in [-0.25, -0.2) is 4.79 Å². The van der Waals surface area contributed by atoms with Gasteiger partial charge in [-0.05, 0) is 18.2 Å². The van der Waals surface area contributed by atoms with Crippen LogP contribution in [-0.2, 0) is 6.54 Å². The third-order valence-corrected chi connectivity index (χ3v) is 4.94. The molecule has 0 bridgehead atoms. The number of H-pyrrole nitrogens is 1. The molecule has 1 aromatic heterocycles. The van der Waals surface area contributed by atoms with E-state index in [1.54, 1.807) is 12.1 Å². The molecular formula is C21H23N3O6. The number of benzene rings is 2. The van der Waals surface area contributed by atoms with Gasteiger partial charge in [-0.15, -0.1) is 0 Å². The normalized spacial score (nSPS) is 15.2. The standard InChI is InChI=1S/C21H23N3O6/c1-27-18-9-14-15(10-19(18)28-2)23-21(26)24(20(14)25)8-7-22-11-13-12-29-16-5-3-4-6-17(16)30-13/h3-6,9-10,13,22H,7-8,11-12H2,1-2H3,(H,23,26)/t13-/m0/s1. The van der Waals surface area contributed by atoms with E-state index in [0.717, 1.165) is 10.3 Å². The molecule has 3 aromatic rings. The molecule has 9 heteroatoms. The lowest BCUT2D eigenvalue weighted by atomic mass is 10.2. The number of hydrogen-bond donors (Lipinski definition) is 2. The Morgan fingerprint density at radius 3 is 2.63 bits per heavy atom.